The minimum Gasteiger partial charge on any atom is -0.403 e. The highest BCUT2D eigenvalue weighted by molar-refractivity contribution is 5.95. The van der Waals surface area contributed by atoms with Gasteiger partial charge in [-0.2, -0.15) is 0 Å². The first-order chi connectivity index (χ1) is 13.5. The molecule has 0 aliphatic heterocycles. The van der Waals surface area contributed by atoms with Crippen molar-refractivity contribution in [3.8, 4) is 11.5 Å². The van der Waals surface area contributed by atoms with Crippen LogP contribution in [0.15, 0.2) is 47.2 Å². The Morgan fingerprint density at radius 1 is 1.14 bits per heavy atom. The van der Waals surface area contributed by atoms with E-state index >= 15 is 0 Å². The van der Waals surface area contributed by atoms with Crippen molar-refractivity contribution in [2.75, 3.05) is 12.4 Å². The molecule has 0 saturated heterocycles. The van der Waals surface area contributed by atoms with E-state index in [9.17, 15) is 4.79 Å². The molecule has 3 aromatic rings. The van der Waals surface area contributed by atoms with Gasteiger partial charge in [-0.1, -0.05) is 17.2 Å². The molecule has 2 N–H and O–H groups in total. The predicted molar refractivity (Wildman–Crippen MR) is 107 cm³/mol. The van der Waals surface area contributed by atoms with Gasteiger partial charge in [0.2, 0.25) is 5.89 Å². The summed E-state index contributed by atoms with van der Waals surface area (Å²) in [6.45, 7) is 4.02. The number of hydrogen-bond acceptors (Lipinski definition) is 6. The number of carbonyl (C=O) groups excluding carboxylic acids is 1. The molecule has 0 atom stereocenters. The molecule has 0 spiro atoms. The van der Waals surface area contributed by atoms with Crippen LogP contribution in [0.1, 0.15) is 40.9 Å². The number of amides is 1. The maximum Gasteiger partial charge on any atom is 0.315 e. The molecule has 1 aromatic carbocycles. The molecule has 0 saturated carbocycles. The van der Waals surface area contributed by atoms with Crippen molar-refractivity contribution < 1.29 is 9.21 Å². The van der Waals surface area contributed by atoms with Crippen molar-refractivity contribution >= 4 is 17.5 Å². The van der Waals surface area contributed by atoms with Crippen molar-refractivity contribution in [1.82, 2.24) is 20.5 Å². The first-order valence-electron chi connectivity index (χ1n) is 9.16. The third-order valence-corrected chi connectivity index (χ3v) is 4.55. The number of fused-ring (bicyclic) bond motifs is 1. The molecule has 2 aromatic heterocycles. The number of nitrogens with zero attached hydrogens (tertiary/aromatic N) is 3. The van der Waals surface area contributed by atoms with Crippen molar-refractivity contribution in [2.45, 2.75) is 26.3 Å². The highest BCUT2D eigenvalue weighted by atomic mass is 16.4. The molecular weight excluding hydrogens is 354 g/mol. The highest BCUT2D eigenvalue weighted by Gasteiger charge is 2.19. The molecule has 28 heavy (non-hydrogen) atoms. The predicted octanol–water partition coefficient (Wildman–Crippen LogP) is 3.30. The lowest BCUT2D eigenvalue weighted by Gasteiger charge is -2.09. The van der Waals surface area contributed by atoms with Crippen LogP contribution in [0.5, 0.6) is 0 Å². The molecular formula is C21H21N5O2. The maximum absolute atomic E-state index is 11.9. The van der Waals surface area contributed by atoms with Crippen LogP contribution in [0.3, 0.4) is 0 Å². The second-order valence-corrected chi connectivity index (χ2v) is 6.95. The minimum atomic E-state index is -0.155. The summed E-state index contributed by atoms with van der Waals surface area (Å²) in [6, 6.07) is 8.59. The van der Waals surface area contributed by atoms with Gasteiger partial charge in [0.25, 0.3) is 5.91 Å². The van der Waals surface area contributed by atoms with E-state index in [2.05, 4.69) is 38.0 Å². The molecule has 1 aliphatic carbocycles. The Kier molecular flexibility index (Phi) is 4.65. The van der Waals surface area contributed by atoms with E-state index in [0.717, 1.165) is 28.7 Å². The summed E-state index contributed by atoms with van der Waals surface area (Å²) in [4.78, 5) is 16.2. The quantitative estimate of drug-likeness (QED) is 0.711. The van der Waals surface area contributed by atoms with Crippen LogP contribution >= 0.6 is 0 Å². The number of nitrogens with one attached hydrogen (secondary N) is 2. The molecule has 0 unspecified atom stereocenters. The average Bonchev–Trinajstić information content (AvgIpc) is 3.33. The van der Waals surface area contributed by atoms with Gasteiger partial charge in [0, 0.05) is 36.6 Å². The Morgan fingerprint density at radius 3 is 2.79 bits per heavy atom. The summed E-state index contributed by atoms with van der Waals surface area (Å²) >= 11 is 0. The van der Waals surface area contributed by atoms with Gasteiger partial charge in [0.1, 0.15) is 0 Å². The summed E-state index contributed by atoms with van der Waals surface area (Å²) in [6.07, 6.45) is 6.33. The van der Waals surface area contributed by atoms with Crippen LogP contribution in [0.2, 0.25) is 0 Å². The minimum absolute atomic E-state index is 0.155. The van der Waals surface area contributed by atoms with Gasteiger partial charge >= 0.3 is 6.01 Å². The number of aromatic nitrogens is 3. The van der Waals surface area contributed by atoms with E-state index in [4.69, 9.17) is 4.42 Å². The van der Waals surface area contributed by atoms with Crippen LogP contribution in [-0.2, 0) is 6.42 Å². The molecule has 4 rings (SSSR count). The number of anilines is 1. The third-order valence-electron chi connectivity index (χ3n) is 4.55. The molecule has 142 valence electrons. The lowest BCUT2D eigenvalue weighted by atomic mass is 9.97. The maximum atomic E-state index is 11.9. The van der Waals surface area contributed by atoms with Crippen LogP contribution in [-0.4, -0.2) is 34.2 Å². The summed E-state index contributed by atoms with van der Waals surface area (Å²) in [5.41, 5.74) is 5.65. The molecule has 1 aliphatic rings. The Bertz CT molecular complexity index is 1070. The first-order valence-corrected chi connectivity index (χ1v) is 9.16. The van der Waals surface area contributed by atoms with Gasteiger partial charge < -0.3 is 15.1 Å². The molecule has 0 radical (unpaired) electrons. The van der Waals surface area contributed by atoms with Gasteiger partial charge in [0.05, 0.1) is 5.56 Å². The molecule has 2 heterocycles. The van der Waals surface area contributed by atoms with Gasteiger partial charge in [-0.15, -0.1) is 5.10 Å². The largest absolute Gasteiger partial charge is 0.403 e. The second-order valence-electron chi connectivity index (χ2n) is 6.95. The smallest absolute Gasteiger partial charge is 0.315 e. The van der Waals surface area contributed by atoms with Crippen LogP contribution in [0, 0.1) is 0 Å². The molecule has 1 amide bonds. The van der Waals surface area contributed by atoms with E-state index < -0.39 is 0 Å². The van der Waals surface area contributed by atoms with Crippen molar-refractivity contribution in [3.05, 3.63) is 65.0 Å². The van der Waals surface area contributed by atoms with Gasteiger partial charge in [-0.25, -0.2) is 0 Å². The van der Waals surface area contributed by atoms with Crippen molar-refractivity contribution in [3.63, 3.8) is 0 Å². The van der Waals surface area contributed by atoms with Crippen LogP contribution in [0.4, 0.5) is 6.01 Å². The standard InChI is InChI=1S/C21H21N5O2/c1-12(2)24-21-26-25-20(28-21)14-5-4-13-6-7-17(18(13)9-14)15-8-16(11-23-10-15)19(27)22-3/h4-5,7-12H,6H2,1-3H3,(H,22,27)(H,24,26). The number of hydrogen-bond donors (Lipinski definition) is 2. The van der Waals surface area contributed by atoms with Crippen LogP contribution in [0.25, 0.3) is 17.0 Å². The Morgan fingerprint density at radius 2 is 2.00 bits per heavy atom. The first kappa shape index (κ1) is 17.9. The fraction of sp³-hybridized carbons (Fsp3) is 0.238. The van der Waals surface area contributed by atoms with E-state index in [1.165, 1.54) is 5.56 Å². The van der Waals surface area contributed by atoms with Crippen LogP contribution < -0.4 is 10.6 Å². The van der Waals surface area contributed by atoms with Gasteiger partial charge in [-0.05, 0) is 55.2 Å². The van der Waals surface area contributed by atoms with E-state index in [0.29, 0.717) is 17.5 Å². The summed E-state index contributed by atoms with van der Waals surface area (Å²) < 4.78 is 5.73. The van der Waals surface area contributed by atoms with E-state index in [-0.39, 0.29) is 11.9 Å². The number of benzene rings is 1. The third kappa shape index (κ3) is 3.38. The fourth-order valence-corrected chi connectivity index (χ4v) is 3.23. The second kappa shape index (κ2) is 7.26. The summed E-state index contributed by atoms with van der Waals surface area (Å²) in [5.74, 6) is 0.312. The number of pyridine rings is 1. The lowest BCUT2D eigenvalue weighted by molar-refractivity contribution is 0.0962. The summed E-state index contributed by atoms with van der Waals surface area (Å²) in [5, 5.41) is 13.9. The fourth-order valence-electron chi connectivity index (χ4n) is 3.23. The summed E-state index contributed by atoms with van der Waals surface area (Å²) in [7, 11) is 1.61. The number of allylic oxidation sites excluding steroid dienone is 1. The topological polar surface area (TPSA) is 92.9 Å². The SMILES string of the molecule is CNC(=O)c1cncc(C2=CCc3ccc(-c4nnc(NC(C)C)o4)cc32)c1. The van der Waals surface area contributed by atoms with Crippen molar-refractivity contribution in [1.29, 1.82) is 0 Å². The Balaban J connectivity index is 1.67. The van der Waals surface area contributed by atoms with Crippen molar-refractivity contribution in [2.24, 2.45) is 0 Å². The highest BCUT2D eigenvalue weighted by Crippen LogP contribution is 2.35. The number of carbonyl (C=O) groups is 1. The normalized spacial score (nSPS) is 12.6. The zero-order valence-corrected chi connectivity index (χ0v) is 16.0. The zero-order valence-electron chi connectivity index (χ0n) is 16.0. The van der Waals surface area contributed by atoms with Gasteiger partial charge in [-0.3, -0.25) is 9.78 Å². The average molecular weight is 375 g/mol. The molecule has 0 fully saturated rings. The molecule has 0 bridgehead atoms. The monoisotopic (exact) mass is 375 g/mol. The zero-order chi connectivity index (χ0) is 19.7. The van der Waals surface area contributed by atoms with E-state index in [1.54, 1.807) is 19.4 Å². The molecule has 7 heteroatoms. The number of rotatable bonds is 5. The molecule has 7 nitrogen and oxygen atoms in total. The Hall–Kier alpha value is -3.48. The Labute approximate surface area is 162 Å². The van der Waals surface area contributed by atoms with E-state index in [1.807, 2.05) is 32.0 Å². The van der Waals surface area contributed by atoms with Gasteiger partial charge in [0.15, 0.2) is 0 Å². The lowest BCUT2D eigenvalue weighted by Crippen LogP contribution is -2.18.